The molecular formula is C44H74N2O12. The zero-order chi connectivity index (χ0) is 43.5. The van der Waals surface area contributed by atoms with Gasteiger partial charge >= 0.3 is 5.97 Å². The molecule has 2 bridgehead atoms. The molecule has 4 aliphatic heterocycles. The molecule has 4 fully saturated rings. The SMILES string of the molecule is C#CCCN(C)C1CC(C)OC(OC2[C@@H](C)[C@H](C3C[C@@](C)(OC)[C@@H](O)C(C)O3)C(C)C(=O)OC(CC)[C@@](C)(O)C3OCC(=C)CO[C@]2(C)C[C@@H](C)/C(=N\O)C3C)[C@@H]1O. The van der Waals surface area contributed by atoms with E-state index in [1.807, 2.05) is 60.4 Å². The van der Waals surface area contributed by atoms with Crippen LogP contribution in [0, 0.1) is 41.9 Å². The van der Waals surface area contributed by atoms with Crippen molar-refractivity contribution in [3.8, 4) is 12.3 Å². The van der Waals surface area contributed by atoms with Gasteiger partial charge in [-0.3, -0.25) is 9.69 Å². The Morgan fingerprint density at radius 1 is 1.05 bits per heavy atom. The number of aliphatic hydroxyl groups is 3. The van der Waals surface area contributed by atoms with Crippen molar-refractivity contribution in [3.05, 3.63) is 12.2 Å². The van der Waals surface area contributed by atoms with Gasteiger partial charge in [-0.15, -0.1) is 12.3 Å². The maximum absolute atomic E-state index is 14.7. The Labute approximate surface area is 346 Å². The molecule has 58 heavy (non-hydrogen) atoms. The molecule has 332 valence electrons. The molecule has 0 saturated carbocycles. The number of ether oxygens (including phenoxy) is 7. The average molecular weight is 823 g/mol. The third-order valence-electron chi connectivity index (χ3n) is 13.8. The first-order valence-electron chi connectivity index (χ1n) is 21.2. The van der Waals surface area contributed by atoms with Gasteiger partial charge in [0.25, 0.3) is 0 Å². The van der Waals surface area contributed by atoms with Crippen LogP contribution in [0.4, 0.5) is 0 Å². The van der Waals surface area contributed by atoms with Crippen LogP contribution in [0.1, 0.15) is 101 Å². The number of carbonyl (C=O) groups excluding carboxylic acids is 1. The lowest BCUT2D eigenvalue weighted by Gasteiger charge is -2.52. The Kier molecular flexibility index (Phi) is 16.5. The number of esters is 1. The first-order chi connectivity index (χ1) is 27.1. The highest BCUT2D eigenvalue weighted by Crippen LogP contribution is 2.46. The molecule has 10 unspecified atom stereocenters. The standard InChI is InChI=1S/C44H74N2O12/c1-15-17-18-46(13)31-19-26(5)55-41(36(31)47)58-38-27(6)34(32-21-42(10,52-14)37(48)30(9)56-32)28(7)40(49)57-33(16-2)44(12,50)39-29(8)35(45-51)25(4)20-43(38,11)54-23-24(3)22-53-39/h1,25-34,36-39,41,47-48,50-51H,3,16-23H2,2,4-14H3/b45-35+/t25-,26?,27+,28?,29?,30?,31?,32?,33?,34+,36-,37+,38?,39?,41?,42-,43-,44-/m1/s1. The Balaban J connectivity index is 1.99. The number of hydrogen-bond donors (Lipinski definition) is 4. The van der Waals surface area contributed by atoms with E-state index >= 15 is 0 Å². The fourth-order valence-corrected chi connectivity index (χ4v) is 10.4. The summed E-state index contributed by atoms with van der Waals surface area (Å²) >= 11 is 0. The monoisotopic (exact) mass is 823 g/mol. The van der Waals surface area contributed by atoms with Crippen molar-refractivity contribution in [3.63, 3.8) is 0 Å². The minimum Gasteiger partial charge on any atom is -0.459 e. The number of fused-ring (bicyclic) bond motifs is 5. The second kappa shape index (κ2) is 19.7. The highest BCUT2D eigenvalue weighted by molar-refractivity contribution is 5.88. The van der Waals surface area contributed by atoms with E-state index in [-0.39, 0.29) is 44.6 Å². The highest BCUT2D eigenvalue weighted by Gasteiger charge is 2.56. The highest BCUT2D eigenvalue weighted by atomic mass is 16.7. The molecule has 14 nitrogen and oxygen atoms in total. The minimum absolute atomic E-state index is 0.00181. The lowest BCUT2D eigenvalue weighted by atomic mass is 9.67. The van der Waals surface area contributed by atoms with E-state index < -0.39 is 101 Å². The van der Waals surface area contributed by atoms with E-state index in [4.69, 9.17) is 39.6 Å². The summed E-state index contributed by atoms with van der Waals surface area (Å²) in [6, 6.07) is -0.339. The van der Waals surface area contributed by atoms with Gasteiger partial charge in [-0.1, -0.05) is 46.4 Å². The van der Waals surface area contributed by atoms with Gasteiger partial charge in [-0.05, 0) is 72.4 Å². The van der Waals surface area contributed by atoms with Crippen LogP contribution < -0.4 is 0 Å². The van der Waals surface area contributed by atoms with Crippen molar-refractivity contribution < 1.29 is 58.5 Å². The molecular weight excluding hydrogens is 748 g/mol. The van der Waals surface area contributed by atoms with Crippen molar-refractivity contribution in [2.45, 2.75) is 179 Å². The summed E-state index contributed by atoms with van der Waals surface area (Å²) in [6.07, 6.45) is -0.333. The molecule has 4 N–H and O–H groups in total. The topological polar surface area (TPSA) is 178 Å². The molecule has 0 aromatic carbocycles. The van der Waals surface area contributed by atoms with Crippen LogP contribution in [0.15, 0.2) is 17.3 Å². The van der Waals surface area contributed by atoms with E-state index in [1.165, 1.54) is 0 Å². The number of cyclic esters (lactones) is 1. The number of oxime groups is 1. The summed E-state index contributed by atoms with van der Waals surface area (Å²) in [4.78, 5) is 16.7. The van der Waals surface area contributed by atoms with Crippen LogP contribution in [0.3, 0.4) is 0 Å². The number of terminal acetylenes is 1. The average Bonchev–Trinajstić information content (AvgIpc) is 3.18. The van der Waals surface area contributed by atoms with Crippen molar-refractivity contribution in [1.82, 2.24) is 4.90 Å². The zero-order valence-corrected chi connectivity index (χ0v) is 37.1. The molecule has 4 rings (SSSR count). The molecule has 0 radical (unpaired) electrons. The lowest BCUT2D eigenvalue weighted by Crippen LogP contribution is -2.62. The minimum atomic E-state index is -1.74. The third kappa shape index (κ3) is 10.1. The van der Waals surface area contributed by atoms with E-state index in [9.17, 15) is 25.3 Å². The van der Waals surface area contributed by atoms with Crippen LogP contribution in [0.25, 0.3) is 0 Å². The van der Waals surface area contributed by atoms with Crippen LogP contribution >= 0.6 is 0 Å². The molecule has 0 amide bonds. The van der Waals surface area contributed by atoms with Gasteiger partial charge in [0, 0.05) is 50.3 Å². The maximum Gasteiger partial charge on any atom is 0.309 e. The third-order valence-corrected chi connectivity index (χ3v) is 13.8. The van der Waals surface area contributed by atoms with Crippen molar-refractivity contribution >= 4 is 11.7 Å². The van der Waals surface area contributed by atoms with Gasteiger partial charge in [-0.25, -0.2) is 0 Å². The second-order valence-electron chi connectivity index (χ2n) is 18.4. The molecule has 0 aliphatic carbocycles. The maximum atomic E-state index is 14.7. The predicted molar refractivity (Wildman–Crippen MR) is 218 cm³/mol. The Morgan fingerprint density at radius 2 is 1.72 bits per heavy atom. The Morgan fingerprint density at radius 3 is 2.33 bits per heavy atom. The van der Waals surface area contributed by atoms with E-state index in [0.29, 0.717) is 30.7 Å². The number of rotatable bonds is 8. The Bertz CT molecular complexity index is 1470. The van der Waals surface area contributed by atoms with E-state index in [2.05, 4.69) is 17.7 Å². The van der Waals surface area contributed by atoms with E-state index in [0.717, 1.165) is 0 Å². The second-order valence-corrected chi connectivity index (χ2v) is 18.4. The van der Waals surface area contributed by atoms with Crippen LogP contribution in [0.2, 0.25) is 0 Å². The number of nitrogens with zero attached hydrogens (tertiary/aromatic N) is 2. The fraction of sp³-hybridized carbons (Fsp3) is 0.864. The molecule has 14 heteroatoms. The summed E-state index contributed by atoms with van der Waals surface area (Å²) in [5.41, 5.74) is -3.05. The van der Waals surface area contributed by atoms with Gasteiger partial charge in [0.15, 0.2) is 6.29 Å². The zero-order valence-electron chi connectivity index (χ0n) is 37.1. The van der Waals surface area contributed by atoms with Gasteiger partial charge in [-0.2, -0.15) is 0 Å². The summed E-state index contributed by atoms with van der Waals surface area (Å²) < 4.78 is 45.9. The molecule has 4 heterocycles. The predicted octanol–water partition coefficient (Wildman–Crippen LogP) is 4.33. The number of hydrogen-bond acceptors (Lipinski definition) is 14. The Hall–Kier alpha value is -2.16. The van der Waals surface area contributed by atoms with Gasteiger partial charge in [0.05, 0.1) is 66.6 Å². The van der Waals surface area contributed by atoms with Crippen molar-refractivity contribution in [2.75, 3.05) is 33.9 Å². The first kappa shape index (κ1) is 48.5. The summed E-state index contributed by atoms with van der Waals surface area (Å²) in [6.45, 7) is 23.3. The van der Waals surface area contributed by atoms with E-state index in [1.54, 1.807) is 27.9 Å². The van der Waals surface area contributed by atoms with Gasteiger partial charge in [0.2, 0.25) is 0 Å². The smallest absolute Gasteiger partial charge is 0.309 e. The molecule has 4 saturated heterocycles. The fourth-order valence-electron chi connectivity index (χ4n) is 10.4. The number of aliphatic hydroxyl groups excluding tert-OH is 2. The number of methoxy groups -OCH3 is 1. The van der Waals surface area contributed by atoms with Gasteiger partial charge in [0.1, 0.15) is 23.9 Å². The number of carbonyl (C=O) groups is 1. The quantitative estimate of drug-likeness (QED) is 0.0896. The molecule has 0 aromatic heterocycles. The normalized spacial score (nSPS) is 47.1. The van der Waals surface area contributed by atoms with Crippen molar-refractivity contribution in [1.29, 1.82) is 0 Å². The molecule has 0 spiro atoms. The lowest BCUT2D eigenvalue weighted by molar-refractivity contribution is -0.306. The van der Waals surface area contributed by atoms with Crippen LogP contribution in [-0.2, 0) is 38.0 Å². The van der Waals surface area contributed by atoms with Crippen molar-refractivity contribution in [2.24, 2.45) is 34.7 Å². The van der Waals surface area contributed by atoms with Crippen LogP contribution in [0.5, 0.6) is 0 Å². The number of likely N-dealkylation sites (N-methyl/N-ethyl adjacent to an activating group) is 1. The van der Waals surface area contributed by atoms with Crippen LogP contribution in [-0.4, -0.2) is 149 Å². The largest absolute Gasteiger partial charge is 0.459 e. The molecule has 4 aliphatic rings. The molecule has 0 aromatic rings. The summed E-state index contributed by atoms with van der Waals surface area (Å²) in [7, 11) is 3.47. The van der Waals surface area contributed by atoms with Gasteiger partial charge < -0.3 is 53.7 Å². The molecule has 18 atom stereocenters. The summed E-state index contributed by atoms with van der Waals surface area (Å²) in [5.74, 6) is -1.12. The summed E-state index contributed by atoms with van der Waals surface area (Å²) in [5, 5.41) is 50.2. The first-order valence-corrected chi connectivity index (χ1v) is 21.2.